The maximum absolute atomic E-state index is 12.3. The molecule has 1 atom stereocenters. The second-order valence-electron chi connectivity index (χ2n) is 5.45. The normalized spacial score (nSPS) is 12.1. The van der Waals surface area contributed by atoms with Gasteiger partial charge in [-0.15, -0.1) is 0 Å². The molecule has 144 valence electrons. The Balaban J connectivity index is 2.06. The lowest BCUT2D eigenvalue weighted by atomic mass is 10.2. The number of nitrogens with two attached hydrogens (primary N) is 1. The SMILES string of the molecule is COc1ccc(Cl)cc1NC(=O)C(C)OC(=O)c1ccc(S(N)(=O)=O)cc1. The van der Waals surface area contributed by atoms with Gasteiger partial charge in [-0.1, -0.05) is 11.6 Å². The largest absolute Gasteiger partial charge is 0.495 e. The Morgan fingerprint density at radius 3 is 2.33 bits per heavy atom. The zero-order valence-electron chi connectivity index (χ0n) is 14.4. The van der Waals surface area contributed by atoms with Gasteiger partial charge in [-0.3, -0.25) is 4.79 Å². The van der Waals surface area contributed by atoms with Gasteiger partial charge in [-0.05, 0) is 49.4 Å². The molecule has 10 heteroatoms. The van der Waals surface area contributed by atoms with Crippen molar-refractivity contribution in [2.24, 2.45) is 5.14 Å². The van der Waals surface area contributed by atoms with Crippen molar-refractivity contribution in [2.75, 3.05) is 12.4 Å². The zero-order chi connectivity index (χ0) is 20.2. The Labute approximate surface area is 161 Å². The van der Waals surface area contributed by atoms with Crippen LogP contribution in [-0.2, 0) is 19.6 Å². The number of hydrogen-bond donors (Lipinski definition) is 2. The highest BCUT2D eigenvalue weighted by molar-refractivity contribution is 7.89. The van der Waals surface area contributed by atoms with Crippen LogP contribution in [0.1, 0.15) is 17.3 Å². The van der Waals surface area contributed by atoms with E-state index in [0.717, 1.165) is 0 Å². The van der Waals surface area contributed by atoms with Crippen molar-refractivity contribution in [3.63, 3.8) is 0 Å². The average molecular weight is 413 g/mol. The number of carbonyl (C=O) groups is 2. The van der Waals surface area contributed by atoms with Crippen molar-refractivity contribution in [1.82, 2.24) is 0 Å². The number of amides is 1. The molecule has 0 heterocycles. The standard InChI is InChI=1S/C17H17ClN2O6S/c1-10(16(21)20-14-9-12(18)5-8-15(14)25-2)26-17(22)11-3-6-13(7-4-11)27(19,23)24/h3-10H,1-2H3,(H,20,21)(H2,19,23,24). The molecule has 1 unspecified atom stereocenters. The Morgan fingerprint density at radius 2 is 1.78 bits per heavy atom. The summed E-state index contributed by atoms with van der Waals surface area (Å²) in [7, 11) is -2.43. The van der Waals surface area contributed by atoms with Gasteiger partial charge in [0, 0.05) is 5.02 Å². The number of rotatable bonds is 6. The molecule has 0 saturated carbocycles. The first-order valence-corrected chi connectivity index (χ1v) is 9.52. The minimum atomic E-state index is -3.87. The average Bonchev–Trinajstić information content (AvgIpc) is 2.61. The topological polar surface area (TPSA) is 125 Å². The summed E-state index contributed by atoms with van der Waals surface area (Å²) in [4.78, 5) is 24.2. The fourth-order valence-corrected chi connectivity index (χ4v) is 2.76. The highest BCUT2D eigenvalue weighted by atomic mass is 35.5. The summed E-state index contributed by atoms with van der Waals surface area (Å²) in [6, 6.07) is 9.52. The predicted octanol–water partition coefficient (Wildman–Crippen LogP) is 2.18. The number of primary sulfonamides is 1. The van der Waals surface area contributed by atoms with E-state index in [4.69, 9.17) is 26.2 Å². The predicted molar refractivity (Wildman–Crippen MR) is 99.3 cm³/mol. The molecule has 3 N–H and O–H groups in total. The number of ether oxygens (including phenoxy) is 2. The number of nitrogens with one attached hydrogen (secondary N) is 1. The molecule has 0 bridgehead atoms. The van der Waals surface area contributed by atoms with Crippen molar-refractivity contribution in [1.29, 1.82) is 0 Å². The first kappa shape index (κ1) is 20.7. The smallest absolute Gasteiger partial charge is 0.338 e. The quantitative estimate of drug-likeness (QED) is 0.700. The van der Waals surface area contributed by atoms with Crippen LogP contribution >= 0.6 is 11.6 Å². The molecule has 2 aromatic carbocycles. The van der Waals surface area contributed by atoms with Crippen LogP contribution in [0.4, 0.5) is 5.69 Å². The van der Waals surface area contributed by atoms with Crippen LogP contribution in [0.2, 0.25) is 5.02 Å². The van der Waals surface area contributed by atoms with E-state index in [9.17, 15) is 18.0 Å². The molecule has 0 saturated heterocycles. The van der Waals surface area contributed by atoms with Gasteiger partial charge in [0.05, 0.1) is 23.3 Å². The first-order chi connectivity index (χ1) is 12.6. The Bertz CT molecular complexity index is 960. The van der Waals surface area contributed by atoms with Gasteiger partial charge in [0.1, 0.15) is 5.75 Å². The zero-order valence-corrected chi connectivity index (χ0v) is 16.0. The molecule has 0 radical (unpaired) electrons. The lowest BCUT2D eigenvalue weighted by molar-refractivity contribution is -0.123. The summed E-state index contributed by atoms with van der Waals surface area (Å²) < 4.78 is 32.7. The number of halogens is 1. The molecule has 0 aliphatic heterocycles. The Morgan fingerprint density at radius 1 is 1.15 bits per heavy atom. The molecule has 0 spiro atoms. The summed E-state index contributed by atoms with van der Waals surface area (Å²) in [5.74, 6) is -0.994. The van der Waals surface area contributed by atoms with Crippen LogP contribution in [-0.4, -0.2) is 33.5 Å². The van der Waals surface area contributed by atoms with E-state index in [1.165, 1.54) is 44.4 Å². The minimum absolute atomic E-state index is 0.0717. The maximum atomic E-state index is 12.3. The number of sulfonamides is 1. The van der Waals surface area contributed by atoms with Crippen molar-refractivity contribution >= 4 is 39.2 Å². The van der Waals surface area contributed by atoms with Crippen LogP contribution < -0.4 is 15.2 Å². The molecule has 0 fully saturated rings. The molecule has 27 heavy (non-hydrogen) atoms. The van der Waals surface area contributed by atoms with Crippen molar-refractivity contribution in [3.8, 4) is 5.75 Å². The van der Waals surface area contributed by atoms with Gasteiger partial charge >= 0.3 is 5.97 Å². The van der Waals surface area contributed by atoms with Gasteiger partial charge in [0.25, 0.3) is 5.91 Å². The lowest BCUT2D eigenvalue weighted by Gasteiger charge is -2.15. The van der Waals surface area contributed by atoms with E-state index >= 15 is 0 Å². The summed E-state index contributed by atoms with van der Waals surface area (Å²) in [6.45, 7) is 1.39. The summed E-state index contributed by atoms with van der Waals surface area (Å²) in [6.07, 6.45) is -1.13. The molecular formula is C17H17ClN2O6S. The fourth-order valence-electron chi connectivity index (χ4n) is 2.08. The highest BCUT2D eigenvalue weighted by Gasteiger charge is 2.21. The number of anilines is 1. The van der Waals surface area contributed by atoms with E-state index in [2.05, 4.69) is 5.32 Å². The van der Waals surface area contributed by atoms with E-state index in [1.54, 1.807) is 12.1 Å². The molecule has 1 amide bonds. The van der Waals surface area contributed by atoms with Crippen LogP contribution in [0.5, 0.6) is 5.75 Å². The third kappa shape index (κ3) is 5.43. The van der Waals surface area contributed by atoms with Crippen LogP contribution in [0, 0.1) is 0 Å². The number of carbonyl (C=O) groups excluding carboxylic acids is 2. The third-order valence-electron chi connectivity index (χ3n) is 3.49. The number of esters is 1. The molecule has 0 aliphatic rings. The number of benzene rings is 2. The first-order valence-electron chi connectivity index (χ1n) is 7.60. The molecule has 2 rings (SSSR count). The molecule has 2 aromatic rings. The van der Waals surface area contributed by atoms with Crippen molar-refractivity contribution in [2.45, 2.75) is 17.9 Å². The van der Waals surface area contributed by atoms with Gasteiger partial charge < -0.3 is 14.8 Å². The third-order valence-corrected chi connectivity index (χ3v) is 4.66. The molecule has 0 aliphatic carbocycles. The second kappa shape index (κ2) is 8.38. The van der Waals surface area contributed by atoms with E-state index in [0.29, 0.717) is 16.5 Å². The Kier molecular flexibility index (Phi) is 6.42. The second-order valence-corrected chi connectivity index (χ2v) is 7.45. The maximum Gasteiger partial charge on any atom is 0.338 e. The van der Waals surface area contributed by atoms with E-state index < -0.39 is 28.0 Å². The van der Waals surface area contributed by atoms with Crippen molar-refractivity contribution in [3.05, 3.63) is 53.1 Å². The Hall–Kier alpha value is -2.62. The number of hydrogen-bond acceptors (Lipinski definition) is 6. The summed E-state index contributed by atoms with van der Waals surface area (Å²) in [5, 5.41) is 7.96. The van der Waals surface area contributed by atoms with Crippen LogP contribution in [0.3, 0.4) is 0 Å². The van der Waals surface area contributed by atoms with Gasteiger partial charge in [-0.2, -0.15) is 0 Å². The molecular weight excluding hydrogens is 396 g/mol. The number of methoxy groups -OCH3 is 1. The molecule has 0 aromatic heterocycles. The van der Waals surface area contributed by atoms with Gasteiger partial charge in [0.15, 0.2) is 6.10 Å². The highest BCUT2D eigenvalue weighted by Crippen LogP contribution is 2.27. The van der Waals surface area contributed by atoms with E-state index in [1.807, 2.05) is 0 Å². The lowest BCUT2D eigenvalue weighted by Crippen LogP contribution is -2.30. The summed E-state index contributed by atoms with van der Waals surface area (Å²) >= 11 is 5.90. The fraction of sp³-hybridized carbons (Fsp3) is 0.176. The minimum Gasteiger partial charge on any atom is -0.495 e. The van der Waals surface area contributed by atoms with Crippen molar-refractivity contribution < 1.29 is 27.5 Å². The van der Waals surface area contributed by atoms with Crippen LogP contribution in [0.15, 0.2) is 47.4 Å². The summed E-state index contributed by atoms with van der Waals surface area (Å²) in [5.41, 5.74) is 0.401. The van der Waals surface area contributed by atoms with Gasteiger partial charge in [-0.25, -0.2) is 18.4 Å². The van der Waals surface area contributed by atoms with Crippen LogP contribution in [0.25, 0.3) is 0 Å². The van der Waals surface area contributed by atoms with E-state index in [-0.39, 0.29) is 10.5 Å². The van der Waals surface area contributed by atoms with Gasteiger partial charge in [0.2, 0.25) is 10.0 Å². The molecule has 8 nitrogen and oxygen atoms in total. The monoisotopic (exact) mass is 412 g/mol.